The SMILES string of the molecule is O=C(OCC=Cc1ccccc1)c1cccc(Br)c1. The fourth-order valence-electron chi connectivity index (χ4n) is 1.57. The lowest BCUT2D eigenvalue weighted by Crippen LogP contribution is -2.04. The van der Waals surface area contributed by atoms with E-state index >= 15 is 0 Å². The molecular formula is C16H13BrO2. The van der Waals surface area contributed by atoms with Crippen molar-refractivity contribution in [3.05, 3.63) is 76.3 Å². The Hall–Kier alpha value is -1.87. The smallest absolute Gasteiger partial charge is 0.338 e. The Morgan fingerprint density at radius 2 is 1.89 bits per heavy atom. The summed E-state index contributed by atoms with van der Waals surface area (Å²) in [5, 5.41) is 0. The van der Waals surface area contributed by atoms with Gasteiger partial charge in [0.25, 0.3) is 0 Å². The Morgan fingerprint density at radius 1 is 1.11 bits per heavy atom. The normalized spacial score (nSPS) is 10.6. The lowest BCUT2D eigenvalue weighted by atomic mass is 10.2. The highest BCUT2D eigenvalue weighted by Crippen LogP contribution is 2.12. The second kappa shape index (κ2) is 6.90. The van der Waals surface area contributed by atoms with Crippen molar-refractivity contribution in [2.24, 2.45) is 0 Å². The second-order valence-electron chi connectivity index (χ2n) is 3.92. The molecule has 0 heterocycles. The molecule has 0 saturated heterocycles. The summed E-state index contributed by atoms with van der Waals surface area (Å²) in [6.07, 6.45) is 3.75. The Labute approximate surface area is 120 Å². The molecule has 0 fully saturated rings. The maximum absolute atomic E-state index is 11.7. The van der Waals surface area contributed by atoms with E-state index in [4.69, 9.17) is 4.74 Å². The second-order valence-corrected chi connectivity index (χ2v) is 4.84. The third kappa shape index (κ3) is 4.38. The number of carbonyl (C=O) groups is 1. The molecule has 0 radical (unpaired) electrons. The fourth-order valence-corrected chi connectivity index (χ4v) is 1.97. The summed E-state index contributed by atoms with van der Waals surface area (Å²) in [6.45, 7) is 0.264. The van der Waals surface area contributed by atoms with Crippen LogP contribution in [0.5, 0.6) is 0 Å². The largest absolute Gasteiger partial charge is 0.458 e. The molecule has 2 aromatic rings. The minimum Gasteiger partial charge on any atom is -0.458 e. The van der Waals surface area contributed by atoms with Gasteiger partial charge in [0.05, 0.1) is 5.56 Å². The Kier molecular flexibility index (Phi) is 4.93. The van der Waals surface area contributed by atoms with Crippen molar-refractivity contribution in [3.63, 3.8) is 0 Å². The molecule has 2 nitrogen and oxygen atoms in total. The molecule has 2 rings (SSSR count). The molecule has 0 bridgehead atoms. The van der Waals surface area contributed by atoms with E-state index in [1.807, 2.05) is 48.6 Å². The van der Waals surface area contributed by atoms with Crippen LogP contribution in [0.1, 0.15) is 15.9 Å². The van der Waals surface area contributed by atoms with Gasteiger partial charge in [-0.15, -0.1) is 0 Å². The van der Waals surface area contributed by atoms with Crippen LogP contribution in [-0.4, -0.2) is 12.6 Å². The molecule has 2 aromatic carbocycles. The summed E-state index contributed by atoms with van der Waals surface area (Å²) in [5.74, 6) is -0.320. The van der Waals surface area contributed by atoms with Gasteiger partial charge in [-0.1, -0.05) is 58.4 Å². The van der Waals surface area contributed by atoms with E-state index in [2.05, 4.69) is 15.9 Å². The molecule has 3 heteroatoms. The number of carbonyl (C=O) groups excluding carboxylic acids is 1. The number of hydrogen-bond donors (Lipinski definition) is 0. The van der Waals surface area contributed by atoms with E-state index in [-0.39, 0.29) is 12.6 Å². The van der Waals surface area contributed by atoms with Crippen molar-refractivity contribution in [2.75, 3.05) is 6.61 Å². The molecule has 96 valence electrons. The number of esters is 1. The molecule has 0 unspecified atom stereocenters. The minimum atomic E-state index is -0.320. The van der Waals surface area contributed by atoms with Gasteiger partial charge >= 0.3 is 5.97 Å². The monoisotopic (exact) mass is 316 g/mol. The molecule has 0 aliphatic rings. The number of halogens is 1. The third-order valence-corrected chi connectivity index (χ3v) is 2.97. The van der Waals surface area contributed by atoms with Crippen LogP contribution in [0.2, 0.25) is 0 Å². The lowest BCUT2D eigenvalue weighted by molar-refractivity contribution is 0.0550. The molecule has 19 heavy (non-hydrogen) atoms. The number of benzene rings is 2. The fraction of sp³-hybridized carbons (Fsp3) is 0.0625. The number of ether oxygens (including phenoxy) is 1. The topological polar surface area (TPSA) is 26.3 Å². The van der Waals surface area contributed by atoms with Crippen molar-refractivity contribution in [2.45, 2.75) is 0 Å². The first-order valence-electron chi connectivity index (χ1n) is 5.90. The van der Waals surface area contributed by atoms with E-state index in [9.17, 15) is 4.79 Å². The van der Waals surface area contributed by atoms with Crippen LogP contribution >= 0.6 is 15.9 Å². The number of hydrogen-bond acceptors (Lipinski definition) is 2. The van der Waals surface area contributed by atoms with Crippen LogP contribution in [-0.2, 0) is 4.74 Å². The quantitative estimate of drug-likeness (QED) is 0.785. The summed E-state index contributed by atoms with van der Waals surface area (Å²) in [6, 6.07) is 17.0. The zero-order valence-electron chi connectivity index (χ0n) is 10.3. The average molecular weight is 317 g/mol. The molecule has 0 aromatic heterocycles. The van der Waals surface area contributed by atoms with E-state index < -0.39 is 0 Å². The van der Waals surface area contributed by atoms with Gasteiger partial charge in [-0.3, -0.25) is 0 Å². The zero-order chi connectivity index (χ0) is 13.5. The molecule has 0 amide bonds. The lowest BCUT2D eigenvalue weighted by Gasteiger charge is -2.02. The summed E-state index contributed by atoms with van der Waals surface area (Å²) >= 11 is 3.32. The summed E-state index contributed by atoms with van der Waals surface area (Å²) in [4.78, 5) is 11.7. The molecule has 0 saturated carbocycles. The van der Waals surface area contributed by atoms with Crippen molar-refractivity contribution in [1.82, 2.24) is 0 Å². The highest BCUT2D eigenvalue weighted by molar-refractivity contribution is 9.10. The Balaban J connectivity index is 1.86. The zero-order valence-corrected chi connectivity index (χ0v) is 11.8. The predicted molar refractivity (Wildman–Crippen MR) is 79.9 cm³/mol. The Morgan fingerprint density at radius 3 is 2.63 bits per heavy atom. The van der Waals surface area contributed by atoms with E-state index in [1.54, 1.807) is 18.2 Å². The van der Waals surface area contributed by atoms with Crippen LogP contribution in [0.4, 0.5) is 0 Å². The van der Waals surface area contributed by atoms with Gasteiger partial charge < -0.3 is 4.74 Å². The van der Waals surface area contributed by atoms with Crippen LogP contribution < -0.4 is 0 Å². The van der Waals surface area contributed by atoms with E-state index in [1.165, 1.54) is 0 Å². The van der Waals surface area contributed by atoms with Gasteiger partial charge in [0.1, 0.15) is 6.61 Å². The van der Waals surface area contributed by atoms with Gasteiger partial charge in [0, 0.05) is 4.47 Å². The highest BCUT2D eigenvalue weighted by atomic mass is 79.9. The van der Waals surface area contributed by atoms with Crippen molar-refractivity contribution in [1.29, 1.82) is 0 Å². The van der Waals surface area contributed by atoms with Gasteiger partial charge in [0.15, 0.2) is 0 Å². The van der Waals surface area contributed by atoms with Crippen LogP contribution in [0.25, 0.3) is 6.08 Å². The highest BCUT2D eigenvalue weighted by Gasteiger charge is 2.05. The number of rotatable bonds is 4. The van der Waals surface area contributed by atoms with E-state index in [0.717, 1.165) is 10.0 Å². The molecule has 0 aliphatic heterocycles. The predicted octanol–water partition coefficient (Wildman–Crippen LogP) is 4.32. The molecule has 0 aliphatic carbocycles. The Bertz CT molecular complexity index is 576. The first-order chi connectivity index (χ1) is 9.25. The van der Waals surface area contributed by atoms with Crippen LogP contribution in [0, 0.1) is 0 Å². The van der Waals surface area contributed by atoms with Gasteiger partial charge in [-0.25, -0.2) is 4.79 Å². The summed E-state index contributed by atoms with van der Waals surface area (Å²) in [5.41, 5.74) is 1.63. The van der Waals surface area contributed by atoms with Gasteiger partial charge in [-0.2, -0.15) is 0 Å². The maximum Gasteiger partial charge on any atom is 0.338 e. The van der Waals surface area contributed by atoms with Crippen molar-refractivity contribution < 1.29 is 9.53 Å². The summed E-state index contributed by atoms with van der Waals surface area (Å²) < 4.78 is 6.02. The van der Waals surface area contributed by atoms with Crippen LogP contribution in [0.3, 0.4) is 0 Å². The molecular weight excluding hydrogens is 304 g/mol. The van der Waals surface area contributed by atoms with Gasteiger partial charge in [0.2, 0.25) is 0 Å². The minimum absolute atomic E-state index is 0.264. The van der Waals surface area contributed by atoms with Gasteiger partial charge in [-0.05, 0) is 29.8 Å². The molecule has 0 spiro atoms. The van der Waals surface area contributed by atoms with Crippen LogP contribution in [0.15, 0.2) is 65.1 Å². The van der Waals surface area contributed by atoms with E-state index in [0.29, 0.717) is 5.56 Å². The first-order valence-corrected chi connectivity index (χ1v) is 6.69. The standard InChI is InChI=1S/C16H13BrO2/c17-15-10-4-9-14(12-15)16(18)19-11-5-8-13-6-2-1-3-7-13/h1-10,12H,11H2. The molecule has 0 atom stereocenters. The average Bonchev–Trinajstić information content (AvgIpc) is 2.44. The van der Waals surface area contributed by atoms with Crippen molar-refractivity contribution >= 4 is 28.0 Å². The third-order valence-electron chi connectivity index (χ3n) is 2.48. The van der Waals surface area contributed by atoms with Crippen molar-refractivity contribution in [3.8, 4) is 0 Å². The first kappa shape index (κ1) is 13.6. The summed E-state index contributed by atoms with van der Waals surface area (Å²) in [7, 11) is 0. The molecule has 0 N–H and O–H groups in total. The maximum atomic E-state index is 11.7.